The van der Waals surface area contributed by atoms with E-state index < -0.39 is 4.92 Å². The second-order valence-corrected chi connectivity index (χ2v) is 5.34. The van der Waals surface area contributed by atoms with Crippen molar-refractivity contribution >= 4 is 22.9 Å². The lowest BCUT2D eigenvalue weighted by Crippen LogP contribution is -1.89. The number of nitro benzene ring substituents is 1. The van der Waals surface area contributed by atoms with E-state index in [2.05, 4.69) is 4.98 Å². The summed E-state index contributed by atoms with van der Waals surface area (Å²) in [6.07, 6.45) is 0.831. The number of carbonyl (C=O) groups is 1. The highest BCUT2D eigenvalue weighted by Crippen LogP contribution is 2.32. The average Bonchev–Trinajstić information content (AvgIpc) is 2.85. The lowest BCUT2D eigenvalue weighted by molar-refractivity contribution is -0.384. The van der Waals surface area contributed by atoms with Crippen molar-refractivity contribution in [2.45, 2.75) is 13.8 Å². The summed E-state index contributed by atoms with van der Waals surface area (Å²) >= 11 is 0. The highest BCUT2D eigenvalue weighted by molar-refractivity contribution is 6.06. The van der Waals surface area contributed by atoms with Gasteiger partial charge in [-0.3, -0.25) is 14.9 Å². The fraction of sp³-hybridized carbons (Fsp3) is 0.118. The number of nitrogens with zero attached hydrogens (tertiary/aromatic N) is 1. The first-order valence-corrected chi connectivity index (χ1v) is 6.84. The Hall–Kier alpha value is -2.95. The minimum atomic E-state index is -0.441. The molecule has 1 heterocycles. The highest BCUT2D eigenvalue weighted by Gasteiger charge is 2.15. The van der Waals surface area contributed by atoms with Crippen molar-refractivity contribution < 1.29 is 9.72 Å². The fourth-order valence-electron chi connectivity index (χ4n) is 2.85. The fourth-order valence-corrected chi connectivity index (χ4v) is 2.85. The van der Waals surface area contributed by atoms with E-state index in [1.165, 1.54) is 12.1 Å². The van der Waals surface area contributed by atoms with Crippen LogP contribution in [0.5, 0.6) is 0 Å². The van der Waals surface area contributed by atoms with Crippen LogP contribution in [0, 0.1) is 24.0 Å². The molecular weight excluding hydrogens is 280 g/mol. The van der Waals surface area contributed by atoms with Gasteiger partial charge in [0.2, 0.25) is 0 Å². The van der Waals surface area contributed by atoms with Gasteiger partial charge in [-0.1, -0.05) is 6.07 Å². The summed E-state index contributed by atoms with van der Waals surface area (Å²) in [4.78, 5) is 25.1. The van der Waals surface area contributed by atoms with E-state index in [0.29, 0.717) is 11.3 Å². The number of fused-ring (bicyclic) bond motifs is 1. The third-order valence-electron chi connectivity index (χ3n) is 3.76. The Morgan fingerprint density at radius 1 is 1.14 bits per heavy atom. The molecule has 0 aliphatic rings. The van der Waals surface area contributed by atoms with Gasteiger partial charge in [-0.2, -0.15) is 0 Å². The number of rotatable bonds is 3. The summed E-state index contributed by atoms with van der Waals surface area (Å²) in [5.74, 6) is 0. The first-order chi connectivity index (χ1) is 10.5. The van der Waals surface area contributed by atoms with Gasteiger partial charge in [0.25, 0.3) is 5.69 Å². The third-order valence-corrected chi connectivity index (χ3v) is 3.76. The molecule has 3 aromatic rings. The molecule has 0 fully saturated rings. The number of hydrogen-bond donors (Lipinski definition) is 1. The van der Waals surface area contributed by atoms with Gasteiger partial charge in [-0.05, 0) is 48.7 Å². The topological polar surface area (TPSA) is 76.0 Å². The number of carbonyl (C=O) groups excluding carboxylic acids is 1. The smallest absolute Gasteiger partial charge is 0.269 e. The van der Waals surface area contributed by atoms with E-state index in [1.54, 1.807) is 12.1 Å². The first-order valence-electron chi connectivity index (χ1n) is 6.84. The number of aryl methyl sites for hydroxylation is 2. The Kier molecular flexibility index (Phi) is 3.25. The van der Waals surface area contributed by atoms with Gasteiger partial charge < -0.3 is 4.98 Å². The van der Waals surface area contributed by atoms with Crippen LogP contribution in [0.3, 0.4) is 0 Å². The number of aldehydes is 1. The van der Waals surface area contributed by atoms with Gasteiger partial charge in [0.05, 0.1) is 10.6 Å². The van der Waals surface area contributed by atoms with Crippen LogP contribution in [-0.2, 0) is 0 Å². The van der Waals surface area contributed by atoms with Gasteiger partial charge in [0.1, 0.15) is 0 Å². The maximum absolute atomic E-state index is 11.6. The van der Waals surface area contributed by atoms with Gasteiger partial charge in [0.15, 0.2) is 6.29 Å². The van der Waals surface area contributed by atoms with Crippen molar-refractivity contribution in [1.82, 2.24) is 4.98 Å². The normalized spacial score (nSPS) is 10.8. The summed E-state index contributed by atoms with van der Waals surface area (Å²) in [7, 11) is 0. The average molecular weight is 294 g/mol. The second-order valence-electron chi connectivity index (χ2n) is 5.34. The van der Waals surface area contributed by atoms with Gasteiger partial charge >= 0.3 is 0 Å². The van der Waals surface area contributed by atoms with E-state index >= 15 is 0 Å². The predicted octanol–water partition coefficient (Wildman–Crippen LogP) is 4.17. The molecule has 0 spiro atoms. The summed E-state index contributed by atoms with van der Waals surface area (Å²) in [6.45, 7) is 3.97. The van der Waals surface area contributed by atoms with Gasteiger partial charge in [-0.25, -0.2) is 0 Å². The number of nitro groups is 1. The zero-order valence-corrected chi connectivity index (χ0v) is 12.2. The largest absolute Gasteiger partial charge is 0.354 e. The molecule has 0 radical (unpaired) electrons. The van der Waals surface area contributed by atoms with Crippen molar-refractivity contribution in [1.29, 1.82) is 0 Å². The van der Waals surface area contributed by atoms with E-state index in [1.807, 2.05) is 26.0 Å². The lowest BCUT2D eigenvalue weighted by atomic mass is 10.0. The van der Waals surface area contributed by atoms with Crippen LogP contribution >= 0.6 is 0 Å². The quantitative estimate of drug-likeness (QED) is 0.447. The van der Waals surface area contributed by atoms with E-state index in [0.717, 1.165) is 33.9 Å². The van der Waals surface area contributed by atoms with E-state index in [-0.39, 0.29) is 5.69 Å². The summed E-state index contributed by atoms with van der Waals surface area (Å²) in [5, 5.41) is 11.6. The molecule has 0 saturated heterocycles. The van der Waals surface area contributed by atoms with Gasteiger partial charge in [-0.15, -0.1) is 0 Å². The van der Waals surface area contributed by atoms with Crippen molar-refractivity contribution in [3.63, 3.8) is 0 Å². The molecule has 0 atom stereocenters. The maximum Gasteiger partial charge on any atom is 0.269 e. The Balaban J connectivity index is 2.24. The molecule has 0 aliphatic heterocycles. The minimum Gasteiger partial charge on any atom is -0.354 e. The molecule has 0 amide bonds. The Bertz CT molecular complexity index is 892. The van der Waals surface area contributed by atoms with Crippen molar-refractivity contribution in [3.05, 3.63) is 63.2 Å². The molecule has 0 unspecified atom stereocenters. The number of hydrogen-bond acceptors (Lipinski definition) is 3. The van der Waals surface area contributed by atoms with E-state index in [4.69, 9.17) is 0 Å². The molecule has 22 heavy (non-hydrogen) atoms. The molecule has 0 bridgehead atoms. The number of aromatic amines is 1. The SMILES string of the molecule is Cc1cc(C)c2c(C=O)c(-c3ccc([N+](=O)[O-])cc3)[nH]c2c1. The molecule has 5 nitrogen and oxygen atoms in total. The van der Waals surface area contributed by atoms with Crippen LogP contribution in [-0.4, -0.2) is 16.2 Å². The summed E-state index contributed by atoms with van der Waals surface area (Å²) < 4.78 is 0. The Morgan fingerprint density at radius 3 is 2.41 bits per heavy atom. The number of aromatic nitrogens is 1. The molecule has 3 rings (SSSR count). The standard InChI is InChI=1S/C17H14N2O3/c1-10-7-11(2)16-14(9-20)17(18-15(16)8-10)12-3-5-13(6-4-12)19(21)22/h3-9,18H,1-2H3. The van der Waals surface area contributed by atoms with Crippen LogP contribution < -0.4 is 0 Å². The molecule has 2 aromatic carbocycles. The predicted molar refractivity (Wildman–Crippen MR) is 85.3 cm³/mol. The number of non-ortho nitro benzene ring substituents is 1. The van der Waals surface area contributed by atoms with Crippen LogP contribution in [0.2, 0.25) is 0 Å². The van der Waals surface area contributed by atoms with E-state index in [9.17, 15) is 14.9 Å². The van der Waals surface area contributed by atoms with Crippen LogP contribution in [0.15, 0.2) is 36.4 Å². The molecule has 1 N–H and O–H groups in total. The van der Waals surface area contributed by atoms with Crippen molar-refractivity contribution in [2.24, 2.45) is 0 Å². The van der Waals surface area contributed by atoms with Crippen molar-refractivity contribution in [3.8, 4) is 11.3 Å². The molecule has 110 valence electrons. The van der Waals surface area contributed by atoms with Crippen LogP contribution in [0.1, 0.15) is 21.5 Å². The third kappa shape index (κ3) is 2.16. The Morgan fingerprint density at radius 2 is 1.82 bits per heavy atom. The molecule has 0 aliphatic carbocycles. The molecule has 5 heteroatoms. The minimum absolute atomic E-state index is 0.0274. The van der Waals surface area contributed by atoms with Crippen molar-refractivity contribution in [2.75, 3.05) is 0 Å². The number of nitrogens with one attached hydrogen (secondary N) is 1. The first kappa shape index (κ1) is 14.0. The highest BCUT2D eigenvalue weighted by atomic mass is 16.6. The number of benzene rings is 2. The number of H-pyrrole nitrogens is 1. The molecular formula is C17H14N2O3. The monoisotopic (exact) mass is 294 g/mol. The lowest BCUT2D eigenvalue weighted by Gasteiger charge is -2.01. The van der Waals surface area contributed by atoms with Gasteiger partial charge in [0, 0.05) is 28.6 Å². The van der Waals surface area contributed by atoms with Crippen LogP contribution in [0.4, 0.5) is 5.69 Å². The Labute approximate surface area is 126 Å². The summed E-state index contributed by atoms with van der Waals surface area (Å²) in [5.41, 5.74) is 5.09. The molecule has 1 aromatic heterocycles. The second kappa shape index (κ2) is 5.11. The zero-order chi connectivity index (χ0) is 15.9. The molecule has 0 saturated carbocycles. The summed E-state index contributed by atoms with van der Waals surface area (Å²) in [6, 6.07) is 10.2. The zero-order valence-electron chi connectivity index (χ0n) is 12.2. The maximum atomic E-state index is 11.6. The van der Waals surface area contributed by atoms with Crippen LogP contribution in [0.25, 0.3) is 22.2 Å².